The number of anilines is 2. The van der Waals surface area contributed by atoms with E-state index < -0.39 is 0 Å². The number of fused-ring (bicyclic) bond motifs is 3. The highest BCUT2D eigenvalue weighted by Gasteiger charge is 2.23. The Morgan fingerprint density at radius 1 is 0.736 bits per heavy atom. The van der Waals surface area contributed by atoms with Gasteiger partial charge in [0.15, 0.2) is 10.3 Å². The van der Waals surface area contributed by atoms with Crippen molar-refractivity contribution in [1.82, 2.24) is 24.7 Å². The van der Waals surface area contributed by atoms with Crippen molar-refractivity contribution in [3.8, 4) is 16.8 Å². The molecule has 8 aromatic rings. The zero-order valence-electron chi connectivity index (χ0n) is 29.6. The first-order chi connectivity index (χ1) is 26.1. The molecule has 0 aliphatic carbocycles. The molecule has 2 aliphatic heterocycles. The summed E-state index contributed by atoms with van der Waals surface area (Å²) in [7, 11) is 0. The Morgan fingerprint density at radius 3 is 2.30 bits per heavy atom. The lowest BCUT2D eigenvalue weighted by Crippen LogP contribution is -2.30. The Hall–Kier alpha value is -5.51. The van der Waals surface area contributed by atoms with E-state index >= 15 is 0 Å². The minimum absolute atomic E-state index is 0.262. The van der Waals surface area contributed by atoms with Crippen molar-refractivity contribution >= 4 is 43.8 Å². The van der Waals surface area contributed by atoms with Gasteiger partial charge >= 0.3 is 0 Å². The summed E-state index contributed by atoms with van der Waals surface area (Å²) in [6.45, 7) is 6.13. The van der Waals surface area contributed by atoms with Crippen LogP contribution in [-0.4, -0.2) is 37.8 Å². The Kier molecular flexibility index (Phi) is 8.18. The van der Waals surface area contributed by atoms with Crippen LogP contribution in [0, 0.1) is 0 Å². The average molecular weight is 730 g/mol. The van der Waals surface area contributed by atoms with Gasteiger partial charge in [0.1, 0.15) is 0 Å². The van der Waals surface area contributed by atoms with Crippen molar-refractivity contribution < 1.29 is 0 Å². The lowest BCUT2D eigenvalue weighted by Gasteiger charge is -2.29. The van der Waals surface area contributed by atoms with E-state index in [2.05, 4.69) is 124 Å². The van der Waals surface area contributed by atoms with Crippen LogP contribution in [-0.2, 0) is 32.4 Å². The quantitative estimate of drug-likeness (QED) is 0.169. The van der Waals surface area contributed by atoms with Crippen molar-refractivity contribution in [1.29, 1.82) is 0 Å². The molecule has 9 heteroatoms. The van der Waals surface area contributed by atoms with Crippen molar-refractivity contribution in [2.45, 2.75) is 45.2 Å². The Bertz CT molecular complexity index is 2540. The number of hydrogen-bond donors (Lipinski definition) is 1. The van der Waals surface area contributed by atoms with Gasteiger partial charge < -0.3 is 14.8 Å². The first kappa shape index (κ1) is 32.2. The number of benzene rings is 4. The normalized spacial score (nSPS) is 14.7. The zero-order chi connectivity index (χ0) is 35.3. The standard InChI is InChI=1S/C44H39N7S2/c1-29(42-26-47-44(53-42)50-19-15-31-5-2-3-6-35(31)27-50)40-25-45-41-23-33(11-14-39(40)41)32-9-10-36-28-49(20-16-34(36)22-32)43-46-24-38(52-43)21-30-7-12-37(13-8-30)51-18-4-17-48-51/h2-14,17-18,22-26,29,45H,15-16,19-21,27-28H2,1H3. The van der Waals surface area contributed by atoms with Gasteiger partial charge in [0, 0.05) is 90.2 Å². The van der Waals surface area contributed by atoms with Crippen molar-refractivity contribution in [2.24, 2.45) is 0 Å². The molecule has 0 radical (unpaired) electrons. The second kappa shape index (κ2) is 13.5. The molecule has 4 aromatic carbocycles. The summed E-state index contributed by atoms with van der Waals surface area (Å²) in [5.74, 6) is 0.262. The molecule has 4 aromatic heterocycles. The minimum atomic E-state index is 0.262. The lowest BCUT2D eigenvalue weighted by molar-refractivity contribution is 0.729. The summed E-state index contributed by atoms with van der Waals surface area (Å²) >= 11 is 3.64. The maximum atomic E-state index is 4.89. The molecule has 1 unspecified atom stereocenters. The highest BCUT2D eigenvalue weighted by molar-refractivity contribution is 7.16. The molecule has 10 rings (SSSR count). The lowest BCUT2D eigenvalue weighted by atomic mass is 9.93. The first-order valence-corrected chi connectivity index (χ1v) is 20.0. The summed E-state index contributed by atoms with van der Waals surface area (Å²) in [4.78, 5) is 20.8. The molecule has 262 valence electrons. The second-order valence-corrected chi connectivity index (χ2v) is 16.4. The number of H-pyrrole nitrogens is 1. The molecule has 0 saturated carbocycles. The summed E-state index contributed by atoms with van der Waals surface area (Å²) in [5, 5.41) is 7.85. The largest absolute Gasteiger partial charge is 0.361 e. The maximum absolute atomic E-state index is 4.89. The third kappa shape index (κ3) is 6.23. The van der Waals surface area contributed by atoms with Crippen molar-refractivity contribution in [2.75, 3.05) is 22.9 Å². The van der Waals surface area contributed by atoms with Gasteiger partial charge in [0.25, 0.3) is 0 Å². The van der Waals surface area contributed by atoms with Crippen LogP contribution in [0.1, 0.15) is 56.0 Å². The predicted molar refractivity (Wildman–Crippen MR) is 218 cm³/mol. The van der Waals surface area contributed by atoms with Crippen LogP contribution in [0.15, 0.2) is 122 Å². The molecule has 1 atom stereocenters. The Morgan fingerprint density at radius 2 is 1.47 bits per heavy atom. The molecular weight excluding hydrogens is 691 g/mol. The van der Waals surface area contributed by atoms with Gasteiger partial charge in [0.05, 0.1) is 5.69 Å². The van der Waals surface area contributed by atoms with Gasteiger partial charge in [-0.15, -0.1) is 22.7 Å². The smallest absolute Gasteiger partial charge is 0.185 e. The molecule has 1 N–H and O–H groups in total. The van der Waals surface area contributed by atoms with Gasteiger partial charge in [-0.1, -0.05) is 73.7 Å². The third-order valence-corrected chi connectivity index (χ3v) is 13.3. The SMILES string of the molecule is CC(c1cnc(N2CCc3ccccc3C2)s1)c1c[nH]c2cc(-c3ccc4c(c3)CCN(c3ncc(Cc5ccc(-n6cccn6)cc5)s3)C4)ccc12. The fraction of sp³-hybridized carbons (Fsp3) is 0.205. The summed E-state index contributed by atoms with van der Waals surface area (Å²) < 4.78 is 1.89. The van der Waals surface area contributed by atoms with Gasteiger partial charge in [0.2, 0.25) is 0 Å². The Labute approximate surface area is 317 Å². The summed E-state index contributed by atoms with van der Waals surface area (Å²) in [5.41, 5.74) is 13.1. The van der Waals surface area contributed by atoms with Crippen LogP contribution in [0.25, 0.3) is 27.7 Å². The second-order valence-electron chi connectivity index (χ2n) is 14.3. The fourth-order valence-corrected chi connectivity index (χ4v) is 9.91. The van der Waals surface area contributed by atoms with E-state index in [-0.39, 0.29) is 5.92 Å². The number of nitrogens with one attached hydrogen (secondary N) is 1. The predicted octanol–water partition coefficient (Wildman–Crippen LogP) is 9.80. The van der Waals surface area contributed by atoms with E-state index in [1.165, 1.54) is 65.2 Å². The van der Waals surface area contributed by atoms with Crippen LogP contribution < -0.4 is 9.80 Å². The zero-order valence-corrected chi connectivity index (χ0v) is 31.2. The molecule has 7 nitrogen and oxygen atoms in total. The molecule has 2 aliphatic rings. The molecule has 0 fully saturated rings. The Balaban J connectivity index is 0.805. The third-order valence-electron chi connectivity index (χ3n) is 11.0. The number of aromatic amines is 1. The highest BCUT2D eigenvalue weighted by atomic mass is 32.1. The molecule has 0 spiro atoms. The number of nitrogens with zero attached hydrogens (tertiary/aromatic N) is 6. The number of rotatable bonds is 8. The fourth-order valence-electron chi connectivity index (χ4n) is 7.93. The topological polar surface area (TPSA) is 65.9 Å². The first-order valence-electron chi connectivity index (χ1n) is 18.4. The number of hydrogen-bond acceptors (Lipinski definition) is 7. The van der Waals surface area contributed by atoms with Crippen molar-refractivity contribution in [3.05, 3.63) is 165 Å². The van der Waals surface area contributed by atoms with Gasteiger partial charge in [-0.2, -0.15) is 5.10 Å². The van der Waals surface area contributed by atoms with E-state index in [0.717, 1.165) is 61.4 Å². The van der Waals surface area contributed by atoms with E-state index in [4.69, 9.17) is 9.97 Å². The van der Waals surface area contributed by atoms with Crippen LogP contribution in [0.2, 0.25) is 0 Å². The maximum Gasteiger partial charge on any atom is 0.185 e. The molecule has 6 heterocycles. The summed E-state index contributed by atoms with van der Waals surface area (Å²) in [6, 6.07) is 33.3. The van der Waals surface area contributed by atoms with Gasteiger partial charge in [-0.05, 0) is 81.6 Å². The minimum Gasteiger partial charge on any atom is -0.361 e. The van der Waals surface area contributed by atoms with Crippen LogP contribution >= 0.6 is 22.7 Å². The summed E-state index contributed by atoms with van der Waals surface area (Å²) in [6.07, 6.45) is 13.1. The van der Waals surface area contributed by atoms with Crippen LogP contribution in [0.5, 0.6) is 0 Å². The van der Waals surface area contributed by atoms with E-state index in [9.17, 15) is 0 Å². The van der Waals surface area contributed by atoms with Crippen molar-refractivity contribution in [3.63, 3.8) is 0 Å². The molecule has 0 amide bonds. The molecular formula is C44H39N7S2. The molecule has 53 heavy (non-hydrogen) atoms. The van der Waals surface area contributed by atoms with Gasteiger partial charge in [-0.25, -0.2) is 14.6 Å². The number of aromatic nitrogens is 5. The van der Waals surface area contributed by atoms with Crippen LogP contribution in [0.3, 0.4) is 0 Å². The van der Waals surface area contributed by atoms with Crippen LogP contribution in [0.4, 0.5) is 10.3 Å². The van der Waals surface area contributed by atoms with Gasteiger partial charge in [-0.3, -0.25) is 0 Å². The van der Waals surface area contributed by atoms with E-state index in [1.807, 2.05) is 45.8 Å². The highest BCUT2D eigenvalue weighted by Crippen LogP contribution is 2.38. The number of thiazole rings is 2. The van der Waals surface area contributed by atoms with E-state index in [1.54, 1.807) is 6.20 Å². The molecule has 0 bridgehead atoms. The van der Waals surface area contributed by atoms with E-state index in [0.29, 0.717) is 0 Å². The molecule has 0 saturated heterocycles. The monoisotopic (exact) mass is 729 g/mol. The average Bonchev–Trinajstić information content (AvgIpc) is 4.05.